The smallest absolute Gasteiger partial charge is 0.166 e. The van der Waals surface area contributed by atoms with Crippen molar-refractivity contribution < 1.29 is 0 Å². The molecule has 0 atom stereocenters. The Bertz CT molecular complexity index is 527. The third-order valence-corrected chi connectivity index (χ3v) is 4.20. The van der Waals surface area contributed by atoms with Gasteiger partial charge in [0.1, 0.15) is 6.33 Å². The van der Waals surface area contributed by atoms with E-state index in [1.54, 1.807) is 6.33 Å². The van der Waals surface area contributed by atoms with Crippen LogP contribution in [0.4, 0.5) is 0 Å². The lowest BCUT2D eigenvalue weighted by Crippen LogP contribution is -2.12. The molecule has 1 aliphatic carbocycles. The van der Waals surface area contributed by atoms with Crippen molar-refractivity contribution in [3.63, 3.8) is 0 Å². The number of aromatic nitrogens is 3. The molecule has 0 bridgehead atoms. The van der Waals surface area contributed by atoms with Crippen LogP contribution in [0.5, 0.6) is 0 Å². The number of nitrogens with zero attached hydrogens (tertiary/aromatic N) is 3. The Morgan fingerprint density at radius 3 is 2.56 bits per heavy atom. The van der Waals surface area contributed by atoms with Gasteiger partial charge in [-0.2, -0.15) is 5.10 Å². The number of hydrogen-bond donors (Lipinski definition) is 0. The fourth-order valence-corrected chi connectivity index (χ4v) is 3.08. The van der Waals surface area contributed by atoms with Crippen LogP contribution in [0.15, 0.2) is 18.6 Å². The van der Waals surface area contributed by atoms with E-state index in [1.165, 1.54) is 50.5 Å². The molecule has 2 aromatic rings. The summed E-state index contributed by atoms with van der Waals surface area (Å²) in [5, 5.41) is 4.31. The fourth-order valence-electron chi connectivity index (χ4n) is 3.08. The van der Waals surface area contributed by atoms with Crippen LogP contribution in [-0.2, 0) is 0 Å². The van der Waals surface area contributed by atoms with Crippen molar-refractivity contribution in [3.8, 4) is 0 Å². The topological polar surface area (TPSA) is 30.2 Å². The Kier molecular flexibility index (Phi) is 3.35. The first-order valence-electron chi connectivity index (χ1n) is 7.14. The zero-order chi connectivity index (χ0) is 12.4. The molecule has 0 unspecified atom stereocenters. The zero-order valence-electron chi connectivity index (χ0n) is 11.1. The van der Waals surface area contributed by atoms with E-state index in [4.69, 9.17) is 0 Å². The van der Waals surface area contributed by atoms with Gasteiger partial charge in [-0.1, -0.05) is 32.1 Å². The molecule has 0 N–H and O–H groups in total. The van der Waals surface area contributed by atoms with E-state index < -0.39 is 0 Å². The zero-order valence-corrected chi connectivity index (χ0v) is 11.1. The third kappa shape index (κ3) is 2.29. The number of rotatable bonds is 1. The lowest BCUT2D eigenvalue weighted by molar-refractivity contribution is 0.455. The second-order valence-corrected chi connectivity index (χ2v) is 5.49. The van der Waals surface area contributed by atoms with E-state index in [0.717, 1.165) is 17.0 Å². The van der Waals surface area contributed by atoms with Gasteiger partial charge in [0, 0.05) is 11.8 Å². The fraction of sp³-hybridized carbons (Fsp3) is 0.571. The van der Waals surface area contributed by atoms with Crippen LogP contribution in [0, 0.1) is 0 Å². The Labute approximate surface area is 109 Å². The highest BCUT2D eigenvalue weighted by molar-refractivity contribution is 6.34. The summed E-state index contributed by atoms with van der Waals surface area (Å²) in [7, 11) is 2.05. The maximum absolute atomic E-state index is 4.31. The molecule has 3 nitrogen and oxygen atoms in total. The predicted octanol–water partition coefficient (Wildman–Crippen LogP) is 1.82. The van der Waals surface area contributed by atoms with Crippen molar-refractivity contribution in [2.24, 2.45) is 0 Å². The maximum atomic E-state index is 4.31. The molecular formula is C14H20BN3. The van der Waals surface area contributed by atoms with Crippen LogP contribution >= 0.6 is 0 Å². The van der Waals surface area contributed by atoms with E-state index in [0.29, 0.717) is 0 Å². The van der Waals surface area contributed by atoms with Crippen LogP contribution in [0.1, 0.15) is 56.4 Å². The van der Waals surface area contributed by atoms with Gasteiger partial charge in [-0.25, -0.2) is 9.50 Å². The van der Waals surface area contributed by atoms with E-state index in [2.05, 4.69) is 30.2 Å². The summed E-state index contributed by atoms with van der Waals surface area (Å²) in [5.74, 6) is 0.728. The third-order valence-electron chi connectivity index (χ3n) is 4.20. The van der Waals surface area contributed by atoms with Crippen LogP contribution in [-0.4, -0.2) is 22.4 Å². The van der Waals surface area contributed by atoms with Crippen molar-refractivity contribution in [3.05, 3.63) is 24.2 Å². The first-order valence-corrected chi connectivity index (χ1v) is 7.14. The monoisotopic (exact) mass is 241 g/mol. The van der Waals surface area contributed by atoms with E-state index in [-0.39, 0.29) is 0 Å². The molecule has 0 spiro atoms. The van der Waals surface area contributed by atoms with Crippen LogP contribution in [0.3, 0.4) is 0 Å². The summed E-state index contributed by atoms with van der Waals surface area (Å²) >= 11 is 0. The summed E-state index contributed by atoms with van der Waals surface area (Å²) in [6.45, 7) is 0. The SMILES string of the molecule is Bc1ncnn2cc(C3CCCCCCC3)cc12. The second-order valence-electron chi connectivity index (χ2n) is 5.49. The lowest BCUT2D eigenvalue weighted by atomic mass is 9.87. The standard InChI is InChI=1S/C14H20BN3/c15-14-13-8-12(9-18(13)17-10-16-14)11-6-4-2-1-3-5-7-11/h8-11H,1-7,15H2. The van der Waals surface area contributed by atoms with E-state index in [9.17, 15) is 0 Å². The average Bonchev–Trinajstić information content (AvgIpc) is 2.73. The summed E-state index contributed by atoms with van der Waals surface area (Å²) in [6, 6.07) is 2.29. The summed E-state index contributed by atoms with van der Waals surface area (Å²) in [5.41, 5.74) is 3.69. The van der Waals surface area contributed by atoms with Crippen molar-refractivity contribution in [1.29, 1.82) is 0 Å². The summed E-state index contributed by atoms with van der Waals surface area (Å²) in [6.07, 6.45) is 13.5. The predicted molar refractivity (Wildman–Crippen MR) is 76.2 cm³/mol. The van der Waals surface area contributed by atoms with Crippen molar-refractivity contribution in [2.75, 3.05) is 0 Å². The minimum atomic E-state index is 0.728. The molecule has 0 aliphatic heterocycles. The Morgan fingerprint density at radius 2 is 1.83 bits per heavy atom. The molecule has 2 aromatic heterocycles. The van der Waals surface area contributed by atoms with Crippen molar-refractivity contribution >= 4 is 19.0 Å². The van der Waals surface area contributed by atoms with Gasteiger partial charge >= 0.3 is 0 Å². The molecule has 0 aromatic carbocycles. The molecule has 94 valence electrons. The Hall–Kier alpha value is -1.32. The maximum Gasteiger partial charge on any atom is 0.166 e. The summed E-state index contributed by atoms with van der Waals surface area (Å²) < 4.78 is 1.98. The molecular weight excluding hydrogens is 221 g/mol. The minimum Gasteiger partial charge on any atom is -0.248 e. The number of fused-ring (bicyclic) bond motifs is 1. The second kappa shape index (κ2) is 5.13. The van der Waals surface area contributed by atoms with Gasteiger partial charge in [0.25, 0.3) is 0 Å². The van der Waals surface area contributed by atoms with Gasteiger partial charge < -0.3 is 0 Å². The molecule has 4 heteroatoms. The van der Waals surface area contributed by atoms with Crippen LogP contribution in [0.25, 0.3) is 5.52 Å². The van der Waals surface area contributed by atoms with Crippen LogP contribution in [0.2, 0.25) is 0 Å². The Morgan fingerprint density at radius 1 is 1.11 bits per heavy atom. The normalized spacial score (nSPS) is 18.7. The first kappa shape index (κ1) is 11.8. The molecule has 1 aliphatic rings. The van der Waals surface area contributed by atoms with Gasteiger partial charge in [0.15, 0.2) is 7.85 Å². The molecule has 0 amide bonds. The van der Waals surface area contributed by atoms with Gasteiger partial charge in [-0.3, -0.25) is 0 Å². The quantitative estimate of drug-likeness (QED) is 0.713. The largest absolute Gasteiger partial charge is 0.248 e. The minimum absolute atomic E-state index is 0.728. The molecule has 18 heavy (non-hydrogen) atoms. The highest BCUT2D eigenvalue weighted by atomic mass is 15.2. The molecule has 3 rings (SSSR count). The first-order chi connectivity index (χ1) is 8.84. The van der Waals surface area contributed by atoms with Crippen molar-refractivity contribution in [2.45, 2.75) is 50.9 Å². The molecule has 1 saturated carbocycles. The number of hydrogen-bond acceptors (Lipinski definition) is 2. The van der Waals surface area contributed by atoms with E-state index in [1.807, 2.05) is 4.52 Å². The van der Waals surface area contributed by atoms with Crippen LogP contribution < -0.4 is 5.59 Å². The highest BCUT2D eigenvalue weighted by Gasteiger charge is 2.16. The van der Waals surface area contributed by atoms with Crippen molar-refractivity contribution in [1.82, 2.24) is 14.6 Å². The lowest BCUT2D eigenvalue weighted by Gasteiger charge is -2.18. The van der Waals surface area contributed by atoms with Gasteiger partial charge in [0.2, 0.25) is 0 Å². The van der Waals surface area contributed by atoms with Gasteiger partial charge in [0.05, 0.1) is 5.52 Å². The Balaban J connectivity index is 1.90. The van der Waals surface area contributed by atoms with Gasteiger partial charge in [-0.05, 0) is 30.4 Å². The highest BCUT2D eigenvalue weighted by Crippen LogP contribution is 2.31. The molecule has 1 fully saturated rings. The van der Waals surface area contributed by atoms with Gasteiger partial charge in [-0.15, -0.1) is 0 Å². The average molecular weight is 241 g/mol. The van der Waals surface area contributed by atoms with E-state index >= 15 is 0 Å². The summed E-state index contributed by atoms with van der Waals surface area (Å²) in [4.78, 5) is 4.27. The molecule has 2 heterocycles. The molecule has 0 saturated heterocycles. The molecule has 0 radical (unpaired) electrons.